The lowest BCUT2D eigenvalue weighted by atomic mass is 10.0. The van der Waals surface area contributed by atoms with Crippen LogP contribution in [0.1, 0.15) is 30.9 Å². The van der Waals surface area contributed by atoms with Crippen molar-refractivity contribution in [1.29, 1.82) is 0 Å². The molecule has 4 heteroatoms. The Balaban J connectivity index is 2.61. The van der Waals surface area contributed by atoms with E-state index in [2.05, 4.69) is 10.7 Å². The van der Waals surface area contributed by atoms with Crippen molar-refractivity contribution >= 4 is 0 Å². The van der Waals surface area contributed by atoms with Gasteiger partial charge in [-0.1, -0.05) is 12.1 Å². The number of benzene rings is 1. The first-order valence-electron chi connectivity index (χ1n) is 5.37. The Morgan fingerprint density at radius 2 is 2.18 bits per heavy atom. The van der Waals surface area contributed by atoms with E-state index in [4.69, 9.17) is 12.2 Å². The van der Waals surface area contributed by atoms with Gasteiger partial charge in [0.2, 0.25) is 0 Å². The van der Waals surface area contributed by atoms with Gasteiger partial charge in [0.1, 0.15) is 5.75 Å². The summed E-state index contributed by atoms with van der Waals surface area (Å²) in [5.41, 5.74) is 6.70. The minimum absolute atomic E-state index is 0.130. The van der Waals surface area contributed by atoms with Gasteiger partial charge in [-0.3, -0.25) is 0 Å². The fraction of sp³-hybridized carbons (Fsp3) is 0.385. The van der Waals surface area contributed by atoms with Crippen molar-refractivity contribution in [3.63, 3.8) is 0 Å². The summed E-state index contributed by atoms with van der Waals surface area (Å²) in [6.07, 6.45) is 7.35. The summed E-state index contributed by atoms with van der Waals surface area (Å²) in [7, 11) is 0. The molecule has 0 spiro atoms. The molecule has 92 valence electrons. The number of hydrogen-bond donors (Lipinski definition) is 1. The molecule has 1 aromatic rings. The highest BCUT2D eigenvalue weighted by molar-refractivity contribution is 5.30. The minimum Gasteiger partial charge on any atom is -0.435 e. The third-order valence-corrected chi connectivity index (χ3v) is 2.35. The van der Waals surface area contributed by atoms with Gasteiger partial charge in [0.05, 0.1) is 0 Å². The quantitative estimate of drug-likeness (QED) is 0.611. The topological polar surface area (TPSA) is 35.2 Å². The molecule has 0 aliphatic rings. The van der Waals surface area contributed by atoms with Crippen molar-refractivity contribution < 1.29 is 13.5 Å². The zero-order chi connectivity index (χ0) is 12.7. The van der Waals surface area contributed by atoms with Gasteiger partial charge < -0.3 is 10.5 Å². The Hall–Kier alpha value is -1.60. The van der Waals surface area contributed by atoms with E-state index in [0.29, 0.717) is 6.42 Å². The highest BCUT2D eigenvalue weighted by atomic mass is 19.3. The molecule has 2 nitrogen and oxygen atoms in total. The first-order chi connectivity index (χ1) is 8.13. The smallest absolute Gasteiger partial charge is 0.387 e. The second-order valence-electron chi connectivity index (χ2n) is 3.65. The molecule has 1 unspecified atom stereocenters. The van der Waals surface area contributed by atoms with Gasteiger partial charge >= 0.3 is 6.61 Å². The summed E-state index contributed by atoms with van der Waals surface area (Å²) in [6.45, 7) is -2.82. The highest BCUT2D eigenvalue weighted by Crippen LogP contribution is 2.22. The first-order valence-corrected chi connectivity index (χ1v) is 5.37. The summed E-state index contributed by atoms with van der Waals surface area (Å²) < 4.78 is 28.4. The van der Waals surface area contributed by atoms with Crippen LogP contribution in [0.5, 0.6) is 5.75 Å². The molecule has 0 bridgehead atoms. The lowest BCUT2D eigenvalue weighted by molar-refractivity contribution is -0.0499. The van der Waals surface area contributed by atoms with E-state index in [-0.39, 0.29) is 11.8 Å². The lowest BCUT2D eigenvalue weighted by Crippen LogP contribution is -2.10. The van der Waals surface area contributed by atoms with Crippen molar-refractivity contribution in [3.8, 4) is 18.1 Å². The van der Waals surface area contributed by atoms with E-state index in [1.807, 2.05) is 0 Å². The van der Waals surface area contributed by atoms with Gasteiger partial charge in [0, 0.05) is 12.5 Å². The number of alkyl halides is 2. The molecule has 0 aliphatic heterocycles. The van der Waals surface area contributed by atoms with Crippen molar-refractivity contribution in [2.45, 2.75) is 31.9 Å². The molecule has 0 heterocycles. The lowest BCUT2D eigenvalue weighted by Gasteiger charge is -2.12. The fourth-order valence-corrected chi connectivity index (χ4v) is 1.51. The van der Waals surface area contributed by atoms with E-state index in [0.717, 1.165) is 18.4 Å². The van der Waals surface area contributed by atoms with E-state index in [1.165, 1.54) is 12.1 Å². The van der Waals surface area contributed by atoms with E-state index < -0.39 is 6.61 Å². The molecular formula is C13H15F2NO. The molecule has 0 aromatic heterocycles. The van der Waals surface area contributed by atoms with Crippen molar-refractivity contribution in [3.05, 3.63) is 29.8 Å². The Labute approximate surface area is 99.8 Å². The van der Waals surface area contributed by atoms with Gasteiger partial charge in [-0.05, 0) is 30.5 Å². The average molecular weight is 239 g/mol. The van der Waals surface area contributed by atoms with Crippen molar-refractivity contribution in [2.75, 3.05) is 0 Å². The monoisotopic (exact) mass is 239 g/mol. The van der Waals surface area contributed by atoms with Crippen molar-refractivity contribution in [2.24, 2.45) is 5.73 Å². The maximum atomic E-state index is 12.0. The molecule has 17 heavy (non-hydrogen) atoms. The number of ether oxygens (including phenoxy) is 1. The Bertz CT molecular complexity index is 387. The molecule has 0 amide bonds. The summed E-state index contributed by atoms with van der Waals surface area (Å²) in [5, 5.41) is 0. The predicted octanol–water partition coefficient (Wildman–Crippen LogP) is 3.09. The third kappa shape index (κ3) is 4.83. The maximum Gasteiger partial charge on any atom is 0.387 e. The molecule has 1 aromatic carbocycles. The van der Waals surface area contributed by atoms with Crippen LogP contribution in [0.2, 0.25) is 0 Å². The number of hydrogen-bond acceptors (Lipinski definition) is 2. The van der Waals surface area contributed by atoms with Crippen LogP contribution < -0.4 is 10.5 Å². The van der Waals surface area contributed by atoms with Gasteiger partial charge in [0.25, 0.3) is 0 Å². The maximum absolute atomic E-state index is 12.0. The number of terminal acetylenes is 1. The van der Waals surface area contributed by atoms with Crippen LogP contribution in [0.4, 0.5) is 8.78 Å². The highest BCUT2D eigenvalue weighted by Gasteiger charge is 2.09. The first kappa shape index (κ1) is 13.5. The second kappa shape index (κ2) is 6.87. The molecule has 0 fully saturated rings. The largest absolute Gasteiger partial charge is 0.435 e. The molecule has 1 rings (SSSR count). The summed E-state index contributed by atoms with van der Waals surface area (Å²) >= 11 is 0. The van der Waals surface area contributed by atoms with Crippen molar-refractivity contribution in [1.82, 2.24) is 0 Å². The van der Waals surface area contributed by atoms with Crippen LogP contribution in [0.3, 0.4) is 0 Å². The predicted molar refractivity (Wildman–Crippen MR) is 62.7 cm³/mol. The van der Waals surface area contributed by atoms with Gasteiger partial charge in [-0.2, -0.15) is 8.78 Å². The Morgan fingerprint density at radius 1 is 1.41 bits per heavy atom. The summed E-state index contributed by atoms with van der Waals surface area (Å²) in [4.78, 5) is 0. The van der Waals surface area contributed by atoms with Crippen LogP contribution in [-0.2, 0) is 0 Å². The molecule has 0 saturated carbocycles. The fourth-order valence-electron chi connectivity index (χ4n) is 1.51. The molecular weight excluding hydrogens is 224 g/mol. The molecule has 0 saturated heterocycles. The molecule has 2 N–H and O–H groups in total. The third-order valence-electron chi connectivity index (χ3n) is 2.35. The van der Waals surface area contributed by atoms with Crippen LogP contribution in [0, 0.1) is 12.3 Å². The zero-order valence-corrected chi connectivity index (χ0v) is 9.40. The number of unbranched alkanes of at least 4 members (excludes halogenated alkanes) is 1. The molecule has 0 radical (unpaired) electrons. The standard InChI is InChI=1S/C13H15F2NO/c1-2-3-4-8-12(16)10-6-5-7-11(9-10)17-13(14)15/h1,5-7,9,12-13H,3-4,8,16H2. The van der Waals surface area contributed by atoms with Gasteiger partial charge in [0.15, 0.2) is 0 Å². The van der Waals surface area contributed by atoms with E-state index in [1.54, 1.807) is 12.1 Å². The second-order valence-corrected chi connectivity index (χ2v) is 3.65. The minimum atomic E-state index is -2.82. The molecule has 1 atom stereocenters. The van der Waals surface area contributed by atoms with Crippen LogP contribution >= 0.6 is 0 Å². The number of halogens is 2. The Morgan fingerprint density at radius 3 is 2.82 bits per heavy atom. The Kier molecular flexibility index (Phi) is 5.44. The van der Waals surface area contributed by atoms with Crippen LogP contribution in [0.15, 0.2) is 24.3 Å². The molecule has 0 aliphatic carbocycles. The number of rotatable bonds is 6. The average Bonchev–Trinajstić information content (AvgIpc) is 2.28. The van der Waals surface area contributed by atoms with Gasteiger partial charge in [-0.25, -0.2) is 0 Å². The summed E-state index contributed by atoms with van der Waals surface area (Å²) in [6, 6.07) is 6.24. The van der Waals surface area contributed by atoms with E-state index in [9.17, 15) is 8.78 Å². The van der Waals surface area contributed by atoms with Crippen LogP contribution in [0.25, 0.3) is 0 Å². The zero-order valence-electron chi connectivity index (χ0n) is 9.40. The normalized spacial score (nSPS) is 12.2. The number of nitrogens with two attached hydrogens (primary N) is 1. The van der Waals surface area contributed by atoms with Gasteiger partial charge in [-0.15, -0.1) is 12.3 Å². The van der Waals surface area contributed by atoms with E-state index >= 15 is 0 Å². The van der Waals surface area contributed by atoms with Crippen LogP contribution in [-0.4, -0.2) is 6.61 Å². The summed E-state index contributed by atoms with van der Waals surface area (Å²) in [5.74, 6) is 2.66. The SMILES string of the molecule is C#CCCCC(N)c1cccc(OC(F)F)c1.